The fourth-order valence-electron chi connectivity index (χ4n) is 3.34. The highest BCUT2D eigenvalue weighted by Gasteiger charge is 2.23. The van der Waals surface area contributed by atoms with Crippen molar-refractivity contribution in [2.75, 3.05) is 19.6 Å². The van der Waals surface area contributed by atoms with E-state index in [9.17, 15) is 4.79 Å². The molecule has 2 aromatic carbocycles. The largest absolute Gasteiger partial charge is 0.478 e. The Hall–Kier alpha value is -1.88. The minimum Gasteiger partial charge on any atom is -0.478 e. The van der Waals surface area contributed by atoms with Gasteiger partial charge in [-0.15, -0.1) is 0 Å². The second-order valence-corrected chi connectivity index (χ2v) is 6.88. The van der Waals surface area contributed by atoms with Gasteiger partial charge < -0.3 is 10.4 Å². The Bertz CT molecular complexity index is 712. The SMILES string of the molecule is O=C(O)c1ccc(CNCC(c2cccc(Cl)c2)N2CCCC2)cc1. The Labute approximate surface area is 153 Å². The van der Waals surface area contributed by atoms with E-state index in [1.165, 1.54) is 18.4 Å². The molecular weight excluding hydrogens is 336 g/mol. The van der Waals surface area contributed by atoms with Gasteiger partial charge in [-0.05, 0) is 61.3 Å². The van der Waals surface area contributed by atoms with Crippen LogP contribution >= 0.6 is 11.6 Å². The molecule has 25 heavy (non-hydrogen) atoms. The van der Waals surface area contributed by atoms with Crippen molar-refractivity contribution in [2.24, 2.45) is 0 Å². The number of benzene rings is 2. The number of carboxylic acids is 1. The summed E-state index contributed by atoms with van der Waals surface area (Å²) in [7, 11) is 0. The van der Waals surface area contributed by atoms with E-state index in [4.69, 9.17) is 16.7 Å². The molecule has 5 heteroatoms. The Morgan fingerprint density at radius 2 is 1.88 bits per heavy atom. The molecule has 0 saturated carbocycles. The molecule has 0 radical (unpaired) electrons. The van der Waals surface area contributed by atoms with Gasteiger partial charge in [0.15, 0.2) is 0 Å². The van der Waals surface area contributed by atoms with Crippen molar-refractivity contribution in [3.8, 4) is 0 Å². The molecule has 132 valence electrons. The van der Waals surface area contributed by atoms with Gasteiger partial charge in [-0.25, -0.2) is 4.79 Å². The van der Waals surface area contributed by atoms with E-state index in [2.05, 4.69) is 16.3 Å². The Balaban J connectivity index is 1.63. The number of rotatable bonds is 7. The van der Waals surface area contributed by atoms with Crippen molar-refractivity contribution in [2.45, 2.75) is 25.4 Å². The summed E-state index contributed by atoms with van der Waals surface area (Å²) in [5.74, 6) is -0.894. The molecule has 1 fully saturated rings. The molecule has 0 spiro atoms. The molecule has 0 aromatic heterocycles. The van der Waals surface area contributed by atoms with Crippen LogP contribution in [0.25, 0.3) is 0 Å². The number of hydrogen-bond acceptors (Lipinski definition) is 3. The van der Waals surface area contributed by atoms with Crippen molar-refractivity contribution in [3.05, 3.63) is 70.2 Å². The van der Waals surface area contributed by atoms with Crippen molar-refractivity contribution in [1.29, 1.82) is 0 Å². The second-order valence-electron chi connectivity index (χ2n) is 6.45. The predicted molar refractivity (Wildman–Crippen MR) is 100 cm³/mol. The first-order chi connectivity index (χ1) is 12.1. The fourth-order valence-corrected chi connectivity index (χ4v) is 3.54. The van der Waals surface area contributed by atoms with Crippen molar-refractivity contribution in [3.63, 3.8) is 0 Å². The van der Waals surface area contributed by atoms with Crippen LogP contribution in [-0.4, -0.2) is 35.6 Å². The van der Waals surface area contributed by atoms with E-state index >= 15 is 0 Å². The highest BCUT2D eigenvalue weighted by Crippen LogP contribution is 2.26. The monoisotopic (exact) mass is 358 g/mol. The number of nitrogens with one attached hydrogen (secondary N) is 1. The highest BCUT2D eigenvalue weighted by molar-refractivity contribution is 6.30. The average Bonchev–Trinajstić information content (AvgIpc) is 3.13. The number of aromatic carboxylic acids is 1. The fraction of sp³-hybridized carbons (Fsp3) is 0.350. The number of hydrogen-bond donors (Lipinski definition) is 2. The van der Waals surface area contributed by atoms with Crippen LogP contribution in [0.5, 0.6) is 0 Å². The summed E-state index contributed by atoms with van der Waals surface area (Å²) >= 11 is 6.18. The van der Waals surface area contributed by atoms with Crippen LogP contribution in [0.4, 0.5) is 0 Å². The average molecular weight is 359 g/mol. The lowest BCUT2D eigenvalue weighted by atomic mass is 10.1. The van der Waals surface area contributed by atoms with Gasteiger partial charge in [0.1, 0.15) is 0 Å². The quantitative estimate of drug-likeness (QED) is 0.786. The first kappa shape index (κ1) is 17.9. The summed E-state index contributed by atoms with van der Waals surface area (Å²) in [5.41, 5.74) is 2.64. The minimum atomic E-state index is -0.894. The van der Waals surface area contributed by atoms with E-state index in [-0.39, 0.29) is 0 Å². The molecule has 1 aliphatic rings. The lowest BCUT2D eigenvalue weighted by molar-refractivity contribution is 0.0697. The van der Waals surface area contributed by atoms with Crippen LogP contribution in [0.15, 0.2) is 48.5 Å². The lowest BCUT2D eigenvalue weighted by Gasteiger charge is -2.28. The highest BCUT2D eigenvalue weighted by atomic mass is 35.5. The molecule has 1 aliphatic heterocycles. The van der Waals surface area contributed by atoms with Crippen molar-refractivity contribution >= 4 is 17.6 Å². The topological polar surface area (TPSA) is 52.6 Å². The van der Waals surface area contributed by atoms with E-state index in [1.54, 1.807) is 12.1 Å². The third-order valence-electron chi connectivity index (χ3n) is 4.68. The maximum atomic E-state index is 10.9. The van der Waals surface area contributed by atoms with Gasteiger partial charge in [0.05, 0.1) is 5.56 Å². The normalized spacial score (nSPS) is 16.0. The maximum absolute atomic E-state index is 10.9. The second kappa shape index (κ2) is 8.48. The molecule has 1 atom stereocenters. The first-order valence-corrected chi connectivity index (χ1v) is 9.04. The zero-order chi connectivity index (χ0) is 17.6. The number of halogens is 1. The van der Waals surface area contributed by atoms with Crippen LogP contribution in [0.1, 0.15) is 40.4 Å². The summed E-state index contributed by atoms with van der Waals surface area (Å²) in [6, 6.07) is 15.4. The smallest absolute Gasteiger partial charge is 0.335 e. The molecule has 1 saturated heterocycles. The van der Waals surface area contributed by atoms with Gasteiger partial charge >= 0.3 is 5.97 Å². The lowest BCUT2D eigenvalue weighted by Crippen LogP contribution is -2.34. The van der Waals surface area contributed by atoms with Crippen molar-refractivity contribution < 1.29 is 9.90 Å². The third-order valence-corrected chi connectivity index (χ3v) is 4.92. The number of carboxylic acid groups (broad SMARTS) is 1. The van der Waals surface area contributed by atoms with Gasteiger partial charge in [-0.3, -0.25) is 4.90 Å². The van der Waals surface area contributed by atoms with Crippen LogP contribution in [0, 0.1) is 0 Å². The van der Waals surface area contributed by atoms with Gasteiger partial charge in [-0.2, -0.15) is 0 Å². The standard InChI is InChI=1S/C20H23ClN2O2/c21-18-5-3-4-17(12-18)19(23-10-1-2-11-23)14-22-13-15-6-8-16(9-7-15)20(24)25/h3-9,12,19,22H,1-2,10-11,13-14H2,(H,24,25). The maximum Gasteiger partial charge on any atom is 0.335 e. The van der Waals surface area contributed by atoms with E-state index in [0.717, 1.165) is 30.2 Å². The molecule has 3 rings (SSSR count). The van der Waals surface area contributed by atoms with Crippen LogP contribution < -0.4 is 5.32 Å². The Kier molecular flexibility index (Phi) is 6.08. The predicted octanol–water partition coefficient (Wildman–Crippen LogP) is 3.96. The van der Waals surface area contributed by atoms with Crippen LogP contribution in [-0.2, 0) is 6.54 Å². The summed E-state index contributed by atoms with van der Waals surface area (Å²) < 4.78 is 0. The number of carbonyl (C=O) groups is 1. The van der Waals surface area contributed by atoms with E-state index in [0.29, 0.717) is 18.2 Å². The number of nitrogens with zero attached hydrogens (tertiary/aromatic N) is 1. The Morgan fingerprint density at radius 3 is 2.52 bits per heavy atom. The van der Waals surface area contributed by atoms with Gasteiger partial charge in [0, 0.05) is 24.2 Å². The van der Waals surface area contributed by atoms with Gasteiger partial charge in [0.25, 0.3) is 0 Å². The molecular formula is C20H23ClN2O2. The molecule has 1 heterocycles. The summed E-state index contributed by atoms with van der Waals surface area (Å²) in [6.45, 7) is 3.78. The Morgan fingerprint density at radius 1 is 1.16 bits per heavy atom. The van der Waals surface area contributed by atoms with Gasteiger partial charge in [0.2, 0.25) is 0 Å². The molecule has 2 aromatic rings. The summed E-state index contributed by atoms with van der Waals surface area (Å²) in [6.07, 6.45) is 2.49. The molecule has 0 bridgehead atoms. The minimum absolute atomic E-state index is 0.305. The molecule has 0 aliphatic carbocycles. The molecule has 1 unspecified atom stereocenters. The van der Waals surface area contributed by atoms with Crippen LogP contribution in [0.3, 0.4) is 0 Å². The van der Waals surface area contributed by atoms with Crippen molar-refractivity contribution in [1.82, 2.24) is 10.2 Å². The molecule has 4 nitrogen and oxygen atoms in total. The van der Waals surface area contributed by atoms with E-state index < -0.39 is 5.97 Å². The zero-order valence-corrected chi connectivity index (χ0v) is 14.9. The first-order valence-electron chi connectivity index (χ1n) is 8.66. The van der Waals surface area contributed by atoms with Gasteiger partial charge in [-0.1, -0.05) is 35.9 Å². The zero-order valence-electron chi connectivity index (χ0n) is 14.1. The number of likely N-dealkylation sites (tertiary alicyclic amines) is 1. The van der Waals surface area contributed by atoms with Crippen LogP contribution in [0.2, 0.25) is 5.02 Å². The van der Waals surface area contributed by atoms with E-state index in [1.807, 2.05) is 30.3 Å². The third kappa shape index (κ3) is 4.82. The summed E-state index contributed by atoms with van der Waals surface area (Å²) in [5, 5.41) is 13.2. The molecule has 2 N–H and O–H groups in total. The molecule has 0 amide bonds. The summed E-state index contributed by atoms with van der Waals surface area (Å²) in [4.78, 5) is 13.4.